The van der Waals surface area contributed by atoms with E-state index in [2.05, 4.69) is 31.9 Å². The zero-order chi connectivity index (χ0) is 27.5. The van der Waals surface area contributed by atoms with Gasteiger partial charge in [-0.2, -0.15) is 0 Å². The van der Waals surface area contributed by atoms with Crippen LogP contribution in [0.1, 0.15) is 56.3 Å². The van der Waals surface area contributed by atoms with Gasteiger partial charge in [0.25, 0.3) is 5.91 Å². The molecule has 1 heterocycles. The number of nitrogens with zero attached hydrogens (tertiary/aromatic N) is 1. The average molecular weight is 584 g/mol. The summed E-state index contributed by atoms with van der Waals surface area (Å²) in [6, 6.07) is 4.01. The van der Waals surface area contributed by atoms with Crippen molar-refractivity contribution < 1.29 is 23.6 Å². The lowest BCUT2D eigenvalue weighted by Gasteiger charge is -2.38. The number of guanidine groups is 1. The first-order chi connectivity index (χ1) is 17.5. The van der Waals surface area contributed by atoms with Crippen molar-refractivity contribution in [3.8, 4) is 0 Å². The van der Waals surface area contributed by atoms with E-state index in [1.54, 1.807) is 24.3 Å². The van der Waals surface area contributed by atoms with Gasteiger partial charge < -0.3 is 26.6 Å². The van der Waals surface area contributed by atoms with E-state index in [4.69, 9.17) is 11.1 Å². The molecule has 10 nitrogen and oxygen atoms in total. The third-order valence-corrected chi connectivity index (χ3v) is 6.76. The minimum atomic E-state index is -1.23. The lowest BCUT2D eigenvalue weighted by molar-refractivity contribution is -0.145. The predicted molar refractivity (Wildman–Crippen MR) is 142 cm³/mol. The molecule has 1 aliphatic heterocycles. The third-order valence-electron chi connectivity index (χ3n) is 6.24. The van der Waals surface area contributed by atoms with Crippen LogP contribution in [0.3, 0.4) is 0 Å². The summed E-state index contributed by atoms with van der Waals surface area (Å²) in [6.45, 7) is 3.03. The summed E-state index contributed by atoms with van der Waals surface area (Å²) in [5.41, 5.74) is 5.65. The Labute approximate surface area is 224 Å². The maximum Gasteiger partial charge on any atom is 0.251 e. The highest BCUT2D eigenvalue weighted by atomic mass is 79.9. The van der Waals surface area contributed by atoms with Gasteiger partial charge in [-0.1, -0.05) is 29.8 Å². The minimum absolute atomic E-state index is 0.160. The van der Waals surface area contributed by atoms with Crippen molar-refractivity contribution in [3.63, 3.8) is 0 Å². The Bertz CT molecular complexity index is 974. The number of benzene rings is 1. The van der Waals surface area contributed by atoms with Crippen molar-refractivity contribution in [1.29, 1.82) is 5.41 Å². The molecule has 0 aliphatic carbocycles. The molecule has 3 amide bonds. The van der Waals surface area contributed by atoms with E-state index in [9.17, 15) is 23.6 Å². The quantitative estimate of drug-likeness (QED) is 0.144. The molecule has 1 aliphatic rings. The van der Waals surface area contributed by atoms with Gasteiger partial charge in [0.15, 0.2) is 11.7 Å². The highest BCUT2D eigenvalue weighted by Gasteiger charge is 2.38. The predicted octanol–water partition coefficient (Wildman–Crippen LogP) is 1.87. The van der Waals surface area contributed by atoms with E-state index in [1.807, 2.05) is 13.8 Å². The normalized spacial score (nSPS) is 17.0. The molecule has 6 N–H and O–H groups in total. The second-order valence-electron chi connectivity index (χ2n) is 9.39. The number of alkyl halides is 1. The summed E-state index contributed by atoms with van der Waals surface area (Å²) in [7, 11) is 0. The van der Waals surface area contributed by atoms with Crippen LogP contribution in [-0.4, -0.2) is 72.3 Å². The van der Waals surface area contributed by atoms with Crippen LogP contribution in [0.2, 0.25) is 0 Å². The molecule has 204 valence electrons. The number of Topliss-reactive ketones (excluding diaryl/α,β-unsaturated/α-hetero) is 1. The minimum Gasteiger partial charge on any atom is -0.370 e. The van der Waals surface area contributed by atoms with Crippen LogP contribution in [0.15, 0.2) is 28.7 Å². The number of halogens is 2. The number of likely N-dealkylation sites (tertiary alicyclic amines) is 1. The van der Waals surface area contributed by atoms with Gasteiger partial charge in [0, 0.05) is 23.1 Å². The molecule has 1 unspecified atom stereocenters. The maximum absolute atomic E-state index is 13.6. The van der Waals surface area contributed by atoms with Crippen LogP contribution in [0.4, 0.5) is 4.39 Å². The summed E-state index contributed by atoms with van der Waals surface area (Å²) < 4.78 is 14.0. The van der Waals surface area contributed by atoms with Crippen molar-refractivity contribution in [2.24, 2.45) is 11.7 Å². The Balaban J connectivity index is 2.13. The Morgan fingerprint density at radius 3 is 2.43 bits per heavy atom. The van der Waals surface area contributed by atoms with E-state index in [0.29, 0.717) is 44.3 Å². The fourth-order valence-corrected chi connectivity index (χ4v) is 4.45. The van der Waals surface area contributed by atoms with Gasteiger partial charge in [0.2, 0.25) is 11.8 Å². The number of hydrogen-bond acceptors (Lipinski definition) is 5. The van der Waals surface area contributed by atoms with Crippen molar-refractivity contribution in [2.75, 3.05) is 19.8 Å². The molecule has 1 saturated heterocycles. The standard InChI is InChI=1S/C25H36BrFN6O4/c1-15(2)21(32-22(35)16-8-10-17(26)11-9-16)24(37)33-13-4-3-7-19(33)23(36)31-18(20(34)14-27)6-5-12-30-25(28)29/h8-11,15,18-19,21H,3-7,12-14H2,1-2H3,(H,31,36)(H,32,35)(H4,28,29,30)/t18-,19?,21-/m0/s1. The zero-order valence-corrected chi connectivity index (χ0v) is 22.8. The molecule has 1 aromatic rings. The largest absolute Gasteiger partial charge is 0.370 e. The molecule has 2 rings (SSSR count). The molecule has 12 heteroatoms. The Morgan fingerprint density at radius 1 is 1.16 bits per heavy atom. The lowest BCUT2D eigenvalue weighted by atomic mass is 9.96. The number of nitrogens with two attached hydrogens (primary N) is 1. The first kappa shape index (κ1) is 30.2. The summed E-state index contributed by atoms with van der Waals surface area (Å²) in [6.07, 6.45) is 2.34. The monoisotopic (exact) mass is 582 g/mol. The van der Waals surface area contributed by atoms with Crippen LogP contribution in [0.25, 0.3) is 0 Å². The molecule has 0 radical (unpaired) electrons. The zero-order valence-electron chi connectivity index (χ0n) is 21.2. The molecule has 0 saturated carbocycles. The van der Waals surface area contributed by atoms with E-state index in [-0.39, 0.29) is 24.2 Å². The highest BCUT2D eigenvalue weighted by Crippen LogP contribution is 2.21. The van der Waals surface area contributed by atoms with Gasteiger partial charge in [-0.05, 0) is 62.3 Å². The molecule has 0 spiro atoms. The number of carbonyl (C=O) groups is 4. The lowest BCUT2D eigenvalue weighted by Crippen LogP contribution is -2.60. The SMILES string of the molecule is CC(C)[C@H](NC(=O)c1ccc(Br)cc1)C(=O)N1CCCCC1C(=O)N[C@@H](CCCNC(=N)N)C(=O)CF. The number of amides is 3. The molecular formula is C25H36BrFN6O4. The van der Waals surface area contributed by atoms with Crippen LogP contribution >= 0.6 is 15.9 Å². The van der Waals surface area contributed by atoms with Crippen LogP contribution in [-0.2, 0) is 14.4 Å². The molecule has 37 heavy (non-hydrogen) atoms. The second kappa shape index (κ2) is 14.7. The second-order valence-corrected chi connectivity index (χ2v) is 10.3. The van der Waals surface area contributed by atoms with Crippen molar-refractivity contribution in [3.05, 3.63) is 34.3 Å². The topological polar surface area (TPSA) is 157 Å². The van der Waals surface area contributed by atoms with Gasteiger partial charge in [0.1, 0.15) is 18.8 Å². The van der Waals surface area contributed by atoms with Gasteiger partial charge in [-0.25, -0.2) is 4.39 Å². The van der Waals surface area contributed by atoms with Gasteiger partial charge >= 0.3 is 0 Å². The molecule has 1 fully saturated rings. The summed E-state index contributed by atoms with van der Waals surface area (Å²) >= 11 is 3.33. The van der Waals surface area contributed by atoms with Gasteiger partial charge in [0.05, 0.1) is 6.04 Å². The fraction of sp³-hybridized carbons (Fsp3) is 0.560. The van der Waals surface area contributed by atoms with E-state index >= 15 is 0 Å². The maximum atomic E-state index is 13.6. The van der Waals surface area contributed by atoms with Crippen LogP contribution in [0.5, 0.6) is 0 Å². The van der Waals surface area contributed by atoms with Crippen molar-refractivity contribution in [1.82, 2.24) is 20.9 Å². The van der Waals surface area contributed by atoms with Crippen LogP contribution in [0, 0.1) is 11.3 Å². The summed E-state index contributed by atoms with van der Waals surface area (Å²) in [4.78, 5) is 53.2. The number of nitrogens with one attached hydrogen (secondary N) is 4. The Kier molecular flexibility index (Phi) is 12.0. The van der Waals surface area contributed by atoms with E-state index in [1.165, 1.54) is 4.90 Å². The molecule has 1 aromatic carbocycles. The number of rotatable bonds is 12. The van der Waals surface area contributed by atoms with Gasteiger partial charge in [-0.15, -0.1) is 0 Å². The molecule has 3 atom stereocenters. The number of hydrogen-bond donors (Lipinski definition) is 5. The van der Waals surface area contributed by atoms with E-state index in [0.717, 1.165) is 4.47 Å². The van der Waals surface area contributed by atoms with Gasteiger partial charge in [-0.3, -0.25) is 24.6 Å². The third kappa shape index (κ3) is 9.10. The molecular weight excluding hydrogens is 547 g/mol. The Hall–Kier alpha value is -3.02. The summed E-state index contributed by atoms with van der Waals surface area (Å²) in [5, 5.41) is 15.2. The highest BCUT2D eigenvalue weighted by molar-refractivity contribution is 9.10. The van der Waals surface area contributed by atoms with Crippen LogP contribution < -0.4 is 21.7 Å². The molecule has 0 bridgehead atoms. The average Bonchev–Trinajstić information content (AvgIpc) is 2.87. The Morgan fingerprint density at radius 2 is 1.84 bits per heavy atom. The van der Waals surface area contributed by atoms with Crippen molar-refractivity contribution >= 4 is 45.4 Å². The number of ketones is 1. The first-order valence-corrected chi connectivity index (χ1v) is 13.2. The summed E-state index contributed by atoms with van der Waals surface area (Å²) in [5.74, 6) is -2.52. The fourth-order valence-electron chi connectivity index (χ4n) is 4.19. The first-order valence-electron chi connectivity index (χ1n) is 12.4. The number of piperidine rings is 1. The molecule has 0 aromatic heterocycles. The van der Waals surface area contributed by atoms with E-state index < -0.39 is 42.4 Å². The number of carbonyl (C=O) groups excluding carboxylic acids is 4. The smallest absolute Gasteiger partial charge is 0.251 e. The van der Waals surface area contributed by atoms with Crippen molar-refractivity contribution in [2.45, 2.75) is 64.1 Å².